The van der Waals surface area contributed by atoms with Crippen LogP contribution in [0.1, 0.15) is 34.5 Å². The Morgan fingerprint density at radius 2 is 1.90 bits per heavy atom. The van der Waals surface area contributed by atoms with Gasteiger partial charge in [0.1, 0.15) is 11.4 Å². The summed E-state index contributed by atoms with van der Waals surface area (Å²) in [4.78, 5) is 15.4. The van der Waals surface area contributed by atoms with Crippen molar-refractivity contribution in [3.8, 4) is 5.75 Å². The Morgan fingerprint density at radius 1 is 1.14 bits per heavy atom. The van der Waals surface area contributed by atoms with E-state index in [-0.39, 0.29) is 11.8 Å². The first-order valence-electron chi connectivity index (χ1n) is 9.74. The molecule has 6 heteroatoms. The zero-order chi connectivity index (χ0) is 20.5. The molecule has 29 heavy (non-hydrogen) atoms. The van der Waals surface area contributed by atoms with Crippen LogP contribution in [-0.4, -0.2) is 28.7 Å². The average molecular weight is 393 g/mol. The highest BCUT2D eigenvalue weighted by molar-refractivity contribution is 5.90. The number of methoxy groups -OCH3 is 1. The van der Waals surface area contributed by atoms with Crippen LogP contribution in [0.4, 0.5) is 0 Å². The van der Waals surface area contributed by atoms with Gasteiger partial charge < -0.3 is 19.8 Å². The topological polar surface area (TPSA) is 79.4 Å². The fourth-order valence-electron chi connectivity index (χ4n) is 3.27. The van der Waals surface area contributed by atoms with Gasteiger partial charge in [0.15, 0.2) is 0 Å². The molecule has 0 bridgehead atoms. The van der Waals surface area contributed by atoms with Gasteiger partial charge in [-0.15, -0.1) is 0 Å². The number of ether oxygens (including phenoxy) is 2. The molecule has 0 aliphatic rings. The molecule has 3 rings (SSSR count). The van der Waals surface area contributed by atoms with Crippen molar-refractivity contribution in [2.24, 2.45) is 5.73 Å². The van der Waals surface area contributed by atoms with E-state index in [4.69, 9.17) is 15.2 Å². The van der Waals surface area contributed by atoms with E-state index in [2.05, 4.69) is 11.1 Å². The third-order valence-corrected chi connectivity index (χ3v) is 4.79. The van der Waals surface area contributed by atoms with Crippen LogP contribution in [0.25, 0.3) is 0 Å². The number of nitrogens with zero attached hydrogens (tertiary/aromatic N) is 2. The molecule has 2 N–H and O–H groups in total. The van der Waals surface area contributed by atoms with Crippen molar-refractivity contribution in [2.75, 3.05) is 7.11 Å². The lowest BCUT2D eigenvalue weighted by Crippen LogP contribution is -2.20. The number of benzene rings is 2. The number of rotatable bonds is 11. The summed E-state index contributed by atoms with van der Waals surface area (Å²) in [6.45, 7) is 1.15. The SMILES string of the molecule is COc1ccccc1CCCC(Cn1cnc(C(N)=O)c1)OCc1ccccc1. The van der Waals surface area contributed by atoms with Gasteiger partial charge in [-0.1, -0.05) is 48.5 Å². The van der Waals surface area contributed by atoms with Crippen molar-refractivity contribution in [1.29, 1.82) is 0 Å². The van der Waals surface area contributed by atoms with Crippen molar-refractivity contribution in [3.63, 3.8) is 0 Å². The smallest absolute Gasteiger partial charge is 0.268 e. The van der Waals surface area contributed by atoms with E-state index in [1.165, 1.54) is 5.56 Å². The van der Waals surface area contributed by atoms with Gasteiger partial charge in [-0.25, -0.2) is 4.98 Å². The molecule has 3 aromatic rings. The maximum Gasteiger partial charge on any atom is 0.268 e. The number of carbonyl (C=O) groups excluding carboxylic acids is 1. The van der Waals surface area contributed by atoms with E-state index in [0.29, 0.717) is 13.2 Å². The molecule has 0 aliphatic carbocycles. The predicted octanol–water partition coefficient (Wildman–Crippen LogP) is 3.60. The van der Waals surface area contributed by atoms with Crippen LogP contribution in [0.5, 0.6) is 5.75 Å². The summed E-state index contributed by atoms with van der Waals surface area (Å²) in [6.07, 6.45) is 6.01. The molecule has 6 nitrogen and oxygen atoms in total. The van der Waals surface area contributed by atoms with Gasteiger partial charge in [0.25, 0.3) is 5.91 Å². The van der Waals surface area contributed by atoms with Gasteiger partial charge in [0.05, 0.1) is 26.1 Å². The highest BCUT2D eigenvalue weighted by atomic mass is 16.5. The van der Waals surface area contributed by atoms with Crippen molar-refractivity contribution in [2.45, 2.75) is 38.5 Å². The van der Waals surface area contributed by atoms with Gasteiger partial charge >= 0.3 is 0 Å². The summed E-state index contributed by atoms with van der Waals surface area (Å²) in [5.74, 6) is 0.386. The largest absolute Gasteiger partial charge is 0.496 e. The zero-order valence-corrected chi connectivity index (χ0v) is 16.7. The molecule has 2 aromatic carbocycles. The average Bonchev–Trinajstić information content (AvgIpc) is 3.22. The number of hydrogen-bond acceptors (Lipinski definition) is 4. The van der Waals surface area contributed by atoms with E-state index in [1.54, 1.807) is 19.6 Å². The Balaban J connectivity index is 1.61. The minimum absolute atomic E-state index is 0.0140. The van der Waals surface area contributed by atoms with Crippen LogP contribution >= 0.6 is 0 Å². The molecule has 0 aliphatic heterocycles. The summed E-state index contributed by atoms with van der Waals surface area (Å²) in [6, 6.07) is 18.2. The summed E-state index contributed by atoms with van der Waals surface area (Å²) in [5, 5.41) is 0. The molecular weight excluding hydrogens is 366 g/mol. The van der Waals surface area contributed by atoms with Crippen molar-refractivity contribution >= 4 is 5.91 Å². The summed E-state index contributed by atoms with van der Waals surface area (Å²) < 4.78 is 13.5. The van der Waals surface area contributed by atoms with Gasteiger partial charge in [-0.3, -0.25) is 4.79 Å². The third-order valence-electron chi connectivity index (χ3n) is 4.79. The van der Waals surface area contributed by atoms with Crippen LogP contribution in [-0.2, 0) is 24.3 Å². The van der Waals surface area contributed by atoms with E-state index in [9.17, 15) is 4.79 Å². The highest BCUT2D eigenvalue weighted by Gasteiger charge is 2.13. The number of carbonyl (C=O) groups is 1. The van der Waals surface area contributed by atoms with Crippen LogP contribution in [0.15, 0.2) is 67.1 Å². The molecule has 1 amide bonds. The Hall–Kier alpha value is -3.12. The second-order valence-electron chi connectivity index (χ2n) is 6.94. The Bertz CT molecular complexity index is 908. The summed E-state index contributed by atoms with van der Waals surface area (Å²) in [5.41, 5.74) is 7.89. The number of nitrogens with two attached hydrogens (primary N) is 1. The molecule has 0 spiro atoms. The van der Waals surface area contributed by atoms with Gasteiger partial charge in [-0.05, 0) is 36.5 Å². The Kier molecular flexibility index (Phi) is 7.41. The third kappa shape index (κ3) is 6.19. The lowest BCUT2D eigenvalue weighted by molar-refractivity contribution is 0.0225. The Labute approximate surface area is 171 Å². The molecule has 0 radical (unpaired) electrons. The van der Waals surface area contributed by atoms with Crippen molar-refractivity contribution in [1.82, 2.24) is 9.55 Å². The lowest BCUT2D eigenvalue weighted by atomic mass is 10.0. The van der Waals surface area contributed by atoms with Gasteiger partial charge in [-0.2, -0.15) is 0 Å². The van der Waals surface area contributed by atoms with E-state index in [1.807, 2.05) is 53.1 Å². The molecular formula is C23H27N3O3. The standard InChI is InChI=1S/C23H27N3O3/c1-28-22-13-6-5-10-19(22)11-7-12-20(29-16-18-8-3-2-4-9-18)14-26-15-21(23(24)27)25-17-26/h2-6,8-10,13,15,17,20H,7,11-12,14,16H2,1H3,(H2,24,27). The second-order valence-corrected chi connectivity index (χ2v) is 6.94. The number of primary amides is 1. The fraction of sp³-hybridized carbons (Fsp3) is 0.304. The van der Waals surface area contributed by atoms with Crippen molar-refractivity contribution < 1.29 is 14.3 Å². The number of aromatic nitrogens is 2. The highest BCUT2D eigenvalue weighted by Crippen LogP contribution is 2.21. The molecule has 0 saturated heterocycles. The first-order valence-corrected chi connectivity index (χ1v) is 9.74. The molecule has 1 unspecified atom stereocenters. The minimum atomic E-state index is -0.526. The first-order chi connectivity index (χ1) is 14.2. The second kappa shape index (κ2) is 10.4. The summed E-state index contributed by atoms with van der Waals surface area (Å²) in [7, 11) is 1.69. The number of imidazole rings is 1. The Morgan fingerprint density at radius 3 is 2.62 bits per heavy atom. The molecule has 0 saturated carbocycles. The van der Waals surface area contributed by atoms with E-state index >= 15 is 0 Å². The number of para-hydroxylation sites is 1. The molecule has 1 aromatic heterocycles. The quantitative estimate of drug-likeness (QED) is 0.540. The fourth-order valence-corrected chi connectivity index (χ4v) is 3.27. The van der Waals surface area contributed by atoms with E-state index in [0.717, 1.165) is 30.6 Å². The van der Waals surface area contributed by atoms with E-state index < -0.39 is 5.91 Å². The number of hydrogen-bond donors (Lipinski definition) is 1. The maximum absolute atomic E-state index is 11.3. The summed E-state index contributed by atoms with van der Waals surface area (Å²) >= 11 is 0. The lowest BCUT2D eigenvalue weighted by Gasteiger charge is -2.19. The van der Waals surface area contributed by atoms with Crippen LogP contribution < -0.4 is 10.5 Å². The van der Waals surface area contributed by atoms with Gasteiger partial charge in [0.2, 0.25) is 0 Å². The van der Waals surface area contributed by atoms with Crippen LogP contribution in [0.3, 0.4) is 0 Å². The minimum Gasteiger partial charge on any atom is -0.496 e. The zero-order valence-electron chi connectivity index (χ0n) is 16.7. The monoisotopic (exact) mass is 393 g/mol. The predicted molar refractivity (Wildman–Crippen MR) is 112 cm³/mol. The molecule has 1 atom stereocenters. The molecule has 152 valence electrons. The maximum atomic E-state index is 11.3. The van der Waals surface area contributed by atoms with Crippen molar-refractivity contribution in [3.05, 3.63) is 83.9 Å². The van der Waals surface area contributed by atoms with Gasteiger partial charge in [0, 0.05) is 12.7 Å². The van der Waals surface area contributed by atoms with Crippen LogP contribution in [0, 0.1) is 0 Å². The number of amides is 1. The molecule has 1 heterocycles. The molecule has 0 fully saturated rings. The first kappa shape index (κ1) is 20.6. The number of aryl methyl sites for hydroxylation is 1. The van der Waals surface area contributed by atoms with Crippen LogP contribution in [0.2, 0.25) is 0 Å². The normalized spacial score (nSPS) is 11.9.